The van der Waals surface area contributed by atoms with Crippen LogP contribution in [0.2, 0.25) is 0 Å². The molecule has 0 unspecified atom stereocenters. The molecule has 6 N–H and O–H groups in total. The fourth-order valence-electron chi connectivity index (χ4n) is 13.7. The Morgan fingerprint density at radius 1 is 0.515 bits per heavy atom. The third-order valence-corrected chi connectivity index (χ3v) is 20.7. The minimum absolute atomic E-state index is 0.0340. The summed E-state index contributed by atoms with van der Waals surface area (Å²) in [6.45, 7) is 9.34. The number of pyridine rings is 2. The Hall–Kier alpha value is -10.1. The van der Waals surface area contributed by atoms with Crippen LogP contribution in [0.5, 0.6) is 17.2 Å². The van der Waals surface area contributed by atoms with Crippen LogP contribution >= 0.6 is 11.8 Å². The summed E-state index contributed by atoms with van der Waals surface area (Å²) in [6, 6.07) is 49.1. The summed E-state index contributed by atoms with van der Waals surface area (Å²) >= 11 is 1.24. The standard InChI is InChI=1S/C27H25N3O2.C27H26N2O3.C25H24F3N3O3S/c28-18-22-8-9-25-23(16-22)27(19-32-25)11-14-30(15-12-27)26(31)24-17-21(10-13-29-24)7-6-20-4-2-1-3-5-20;1-19-4-2-3-5-21(19)7-8-22-9-11-25(32-22)26(30)29-14-12-27(13-15-29)18-31-24-10-6-20(17-28)16-23(24)27;26-25(27,28)17-2-6-22(30-13-17)35-14-18-3-5-21(34-18)23(32)31-9-7-24(8-10-31)15-33-20-4-1-16(12-29)11-19(20)24/h1-5,8-10,13,16-17H,11-12,14-15,18-19,28H2;2-6,9-11,16H,12-15,17-18,28H2,1H3;1-6,11,13H,7-10,12,14-15,29H2. The van der Waals surface area contributed by atoms with E-state index in [0.717, 1.165) is 107 Å². The number of carbonyl (C=O) groups excluding carboxylic acids is 3. The van der Waals surface area contributed by atoms with Gasteiger partial charge < -0.3 is 54.9 Å². The molecule has 3 saturated heterocycles. The van der Waals surface area contributed by atoms with Gasteiger partial charge in [-0.05, 0) is 159 Å². The zero-order chi connectivity index (χ0) is 68.7. The van der Waals surface area contributed by atoms with Gasteiger partial charge in [0.25, 0.3) is 17.7 Å². The summed E-state index contributed by atoms with van der Waals surface area (Å²) in [4.78, 5) is 52.9. The maximum atomic E-state index is 13.1. The fraction of sp³-hybridized carbons (Fsp3) is 0.304. The summed E-state index contributed by atoms with van der Waals surface area (Å²) in [5.41, 5.74) is 27.7. The van der Waals surface area contributed by atoms with Crippen molar-refractivity contribution in [1.82, 2.24) is 24.7 Å². The second kappa shape index (κ2) is 29.2. The fourth-order valence-corrected chi connectivity index (χ4v) is 14.5. The van der Waals surface area contributed by atoms with E-state index in [1.165, 1.54) is 34.5 Å². The third-order valence-electron chi connectivity index (χ3n) is 19.8. The van der Waals surface area contributed by atoms with E-state index in [0.29, 0.717) is 112 Å². The monoisotopic (exact) mass is 1350 g/mol. The molecule has 6 aliphatic rings. The Balaban J connectivity index is 0.000000134. The highest BCUT2D eigenvalue weighted by Crippen LogP contribution is 2.49. The van der Waals surface area contributed by atoms with Gasteiger partial charge in [0.2, 0.25) is 0 Å². The summed E-state index contributed by atoms with van der Waals surface area (Å²) in [7, 11) is 0. The SMILES string of the molecule is Cc1ccccc1C#Cc1ccc(C(=O)N2CCC3(CC2)COc2ccc(CN)cc23)o1.NCc1ccc2c(c1)C1(CCN(C(=O)c3cc(C#Cc4ccccc4)ccn3)CC1)CO2.NCc1ccc2c(c1)C1(CCN(C(=O)c3ccc(CSc4ccc(C(F)(F)F)cn4)o3)CC1)CO2. The molecule has 16 nitrogen and oxygen atoms in total. The summed E-state index contributed by atoms with van der Waals surface area (Å²) in [6.07, 6.45) is 3.10. The molecule has 4 aromatic heterocycles. The van der Waals surface area contributed by atoms with Crippen molar-refractivity contribution in [3.05, 3.63) is 260 Å². The van der Waals surface area contributed by atoms with Crippen molar-refractivity contribution in [2.75, 3.05) is 59.1 Å². The normalized spacial score (nSPS) is 16.4. The minimum Gasteiger partial charge on any atom is -0.492 e. The van der Waals surface area contributed by atoms with E-state index in [-0.39, 0.29) is 39.7 Å². The molecule has 3 amide bonds. The van der Waals surface area contributed by atoms with E-state index >= 15 is 0 Å². The zero-order valence-electron chi connectivity index (χ0n) is 54.9. The number of aryl methyl sites for hydroxylation is 1. The van der Waals surface area contributed by atoms with Gasteiger partial charge >= 0.3 is 6.18 Å². The topological polar surface area (TPSA) is 219 Å². The summed E-state index contributed by atoms with van der Waals surface area (Å²) in [5, 5.41) is 0.445. The van der Waals surface area contributed by atoms with E-state index in [9.17, 15) is 27.6 Å². The number of furan rings is 2. The maximum Gasteiger partial charge on any atom is 0.417 e. The van der Waals surface area contributed by atoms with E-state index in [4.69, 9.17) is 40.2 Å². The van der Waals surface area contributed by atoms with Gasteiger partial charge in [0, 0.05) is 121 Å². The predicted molar refractivity (Wildman–Crippen MR) is 370 cm³/mol. The molecule has 5 aromatic carbocycles. The number of aromatic nitrogens is 2. The number of hydrogen-bond donors (Lipinski definition) is 3. The first-order valence-electron chi connectivity index (χ1n) is 33.2. The van der Waals surface area contributed by atoms with Gasteiger partial charge in [-0.25, -0.2) is 4.98 Å². The molecule has 0 radical (unpaired) electrons. The van der Waals surface area contributed by atoms with Crippen LogP contribution in [0.15, 0.2) is 184 Å². The Bertz CT molecular complexity index is 4570. The molecule has 3 spiro atoms. The van der Waals surface area contributed by atoms with Crippen LogP contribution in [-0.4, -0.2) is 101 Å². The number of fused-ring (bicyclic) bond motifs is 6. The van der Waals surface area contributed by atoms with E-state index in [1.807, 2.05) is 114 Å². The lowest BCUT2D eigenvalue weighted by atomic mass is 9.74. The van der Waals surface area contributed by atoms with Gasteiger partial charge in [0.05, 0.1) is 36.2 Å². The quantitative estimate of drug-likeness (QED) is 0.0905. The number of benzene rings is 5. The van der Waals surface area contributed by atoms with Crippen LogP contribution in [0.3, 0.4) is 0 Å². The maximum absolute atomic E-state index is 13.1. The van der Waals surface area contributed by atoms with Crippen molar-refractivity contribution in [2.24, 2.45) is 17.2 Å². The van der Waals surface area contributed by atoms with Crippen LogP contribution in [0.25, 0.3) is 0 Å². The lowest BCUT2D eigenvalue weighted by Gasteiger charge is -2.38. The van der Waals surface area contributed by atoms with Gasteiger partial charge in [-0.15, -0.1) is 0 Å². The van der Waals surface area contributed by atoms with E-state index in [1.54, 1.807) is 41.4 Å². The molecule has 15 rings (SSSR count). The number of nitrogens with zero attached hydrogens (tertiary/aromatic N) is 5. The van der Waals surface area contributed by atoms with Crippen LogP contribution in [0, 0.1) is 30.6 Å². The second-order valence-electron chi connectivity index (χ2n) is 25.9. The second-order valence-corrected chi connectivity index (χ2v) is 26.9. The molecule has 10 heterocycles. The molecule has 0 saturated carbocycles. The minimum atomic E-state index is -4.41. The number of halogens is 3. The molecular formula is C79H75F3N8O8S. The van der Waals surface area contributed by atoms with Crippen LogP contribution in [-0.2, 0) is 47.8 Å². The van der Waals surface area contributed by atoms with Crippen LogP contribution < -0.4 is 31.4 Å². The van der Waals surface area contributed by atoms with E-state index in [2.05, 4.69) is 51.8 Å². The first kappa shape index (κ1) is 67.5. The highest BCUT2D eigenvalue weighted by Gasteiger charge is 2.47. The Labute approximate surface area is 577 Å². The summed E-state index contributed by atoms with van der Waals surface area (Å²) in [5.74, 6) is 16.9. The van der Waals surface area contributed by atoms with Gasteiger partial charge in [-0.1, -0.05) is 102 Å². The van der Waals surface area contributed by atoms with Crippen molar-refractivity contribution in [1.29, 1.82) is 0 Å². The largest absolute Gasteiger partial charge is 0.492 e. The first-order valence-corrected chi connectivity index (χ1v) is 34.2. The van der Waals surface area contributed by atoms with E-state index < -0.39 is 11.7 Å². The molecule has 0 bridgehead atoms. The molecule has 506 valence electrons. The zero-order valence-corrected chi connectivity index (χ0v) is 55.7. The number of nitrogens with two attached hydrogens (primary N) is 3. The highest BCUT2D eigenvalue weighted by molar-refractivity contribution is 7.98. The molecule has 0 aliphatic carbocycles. The molecule has 20 heteroatoms. The smallest absolute Gasteiger partial charge is 0.417 e. The number of ether oxygens (including phenoxy) is 3. The van der Waals surface area contributed by atoms with Gasteiger partial charge in [-0.2, -0.15) is 13.2 Å². The molecule has 0 atom stereocenters. The first-order chi connectivity index (χ1) is 48.0. The lowest BCUT2D eigenvalue weighted by molar-refractivity contribution is -0.137. The van der Waals surface area contributed by atoms with Crippen LogP contribution in [0.1, 0.15) is 143 Å². The van der Waals surface area contributed by atoms with Gasteiger partial charge in [0.15, 0.2) is 17.3 Å². The van der Waals surface area contributed by atoms with Crippen molar-refractivity contribution < 1.29 is 50.6 Å². The van der Waals surface area contributed by atoms with Crippen molar-refractivity contribution in [3.63, 3.8) is 0 Å². The van der Waals surface area contributed by atoms with Gasteiger partial charge in [-0.3, -0.25) is 19.4 Å². The number of likely N-dealkylation sites (tertiary alicyclic amines) is 3. The van der Waals surface area contributed by atoms with Gasteiger partial charge in [0.1, 0.15) is 28.7 Å². The number of alkyl halides is 3. The number of rotatable bonds is 9. The number of carbonyl (C=O) groups is 3. The highest BCUT2D eigenvalue weighted by atomic mass is 32.2. The van der Waals surface area contributed by atoms with Crippen molar-refractivity contribution >= 4 is 29.5 Å². The lowest BCUT2D eigenvalue weighted by Crippen LogP contribution is -2.46. The Morgan fingerprint density at radius 3 is 1.52 bits per heavy atom. The summed E-state index contributed by atoms with van der Waals surface area (Å²) < 4.78 is 67.4. The average molecular weight is 1350 g/mol. The number of thioether (sulfide) groups is 1. The Kier molecular flexibility index (Phi) is 19.9. The molecule has 9 aromatic rings. The van der Waals surface area contributed by atoms with Crippen molar-refractivity contribution in [3.8, 4) is 40.9 Å². The molecular weight excluding hydrogens is 1280 g/mol. The van der Waals surface area contributed by atoms with Crippen molar-refractivity contribution in [2.45, 2.75) is 98.3 Å². The molecule has 99 heavy (non-hydrogen) atoms. The van der Waals surface area contributed by atoms with Crippen LogP contribution in [0.4, 0.5) is 13.2 Å². The number of amides is 3. The number of hydrogen-bond acceptors (Lipinski definition) is 14. The number of piperidine rings is 3. The third kappa shape index (κ3) is 14.9. The molecule has 6 aliphatic heterocycles. The predicted octanol–water partition coefficient (Wildman–Crippen LogP) is 12.5. The average Bonchev–Trinajstić information content (AvgIpc) is 1.65. The molecule has 3 fully saturated rings. The Morgan fingerprint density at radius 2 is 1.01 bits per heavy atom.